The fourth-order valence-electron chi connectivity index (χ4n) is 3.48. The quantitative estimate of drug-likeness (QED) is 0.399. The molecule has 0 fully saturated rings. The number of aromatic hydroxyl groups is 1. The van der Waals surface area contributed by atoms with Crippen LogP contribution in [0.1, 0.15) is 16.8 Å². The van der Waals surface area contributed by atoms with Gasteiger partial charge in [0.2, 0.25) is 5.43 Å². The number of halogens is 1. The summed E-state index contributed by atoms with van der Waals surface area (Å²) in [6.07, 6.45) is 3.04. The van der Waals surface area contributed by atoms with E-state index in [1.807, 2.05) is 0 Å². The Balaban J connectivity index is 1.38. The third-order valence-electron chi connectivity index (χ3n) is 5.37. The van der Waals surface area contributed by atoms with Gasteiger partial charge in [-0.05, 0) is 36.8 Å². The number of fused-ring (bicyclic) bond motifs is 1. The molecule has 2 heterocycles. The number of pyridine rings is 1. The molecule has 0 aliphatic heterocycles. The van der Waals surface area contributed by atoms with Crippen LogP contribution < -0.4 is 20.9 Å². The Morgan fingerprint density at radius 1 is 1.15 bits per heavy atom. The van der Waals surface area contributed by atoms with Gasteiger partial charge in [0, 0.05) is 43.5 Å². The fourth-order valence-corrected chi connectivity index (χ4v) is 3.48. The number of ether oxygens (including phenoxy) is 1. The first-order valence-electron chi connectivity index (χ1n) is 10.4. The predicted molar refractivity (Wildman–Crippen MR) is 122 cm³/mol. The van der Waals surface area contributed by atoms with E-state index in [9.17, 15) is 19.1 Å². The number of hydrogen-bond acceptors (Lipinski definition) is 6. The number of nitrogens with zero attached hydrogens (tertiary/aromatic N) is 1. The summed E-state index contributed by atoms with van der Waals surface area (Å²) < 4.78 is 26.4. The molecule has 0 amide bonds. The number of hydrogen-bond donors (Lipinski definition) is 2. The van der Waals surface area contributed by atoms with Crippen LogP contribution in [-0.2, 0) is 19.7 Å². The molecule has 0 atom stereocenters. The van der Waals surface area contributed by atoms with Gasteiger partial charge in [-0.25, -0.2) is 4.39 Å². The first-order valence-corrected chi connectivity index (χ1v) is 10.4. The summed E-state index contributed by atoms with van der Waals surface area (Å²) in [5.41, 5.74) is 1.52. The van der Waals surface area contributed by atoms with Gasteiger partial charge in [0.15, 0.2) is 11.2 Å². The highest BCUT2D eigenvalue weighted by atomic mass is 19.1. The monoisotopic (exact) mass is 450 g/mol. The first-order chi connectivity index (χ1) is 15.9. The number of rotatable bonds is 8. The van der Waals surface area contributed by atoms with Gasteiger partial charge in [-0.15, -0.1) is 0 Å². The number of benzene rings is 2. The minimum atomic E-state index is -0.409. The molecule has 0 saturated heterocycles. The van der Waals surface area contributed by atoms with Crippen molar-refractivity contribution in [3.05, 3.63) is 104 Å². The van der Waals surface area contributed by atoms with Crippen LogP contribution in [0.2, 0.25) is 0 Å². The second kappa shape index (κ2) is 9.70. The van der Waals surface area contributed by atoms with Gasteiger partial charge >= 0.3 is 0 Å². The zero-order valence-electron chi connectivity index (χ0n) is 18.0. The maximum absolute atomic E-state index is 13.3. The van der Waals surface area contributed by atoms with Crippen molar-refractivity contribution in [1.29, 1.82) is 0 Å². The molecule has 8 heteroatoms. The maximum Gasteiger partial charge on any atom is 0.223 e. The molecule has 7 nitrogen and oxygen atoms in total. The van der Waals surface area contributed by atoms with E-state index in [4.69, 9.17) is 9.15 Å². The van der Waals surface area contributed by atoms with Crippen LogP contribution in [0.5, 0.6) is 11.5 Å². The van der Waals surface area contributed by atoms with Gasteiger partial charge in [-0.1, -0.05) is 12.1 Å². The van der Waals surface area contributed by atoms with Crippen LogP contribution in [0.4, 0.5) is 4.39 Å². The van der Waals surface area contributed by atoms with Crippen molar-refractivity contribution in [3.63, 3.8) is 0 Å². The molecule has 2 N–H and O–H groups in total. The molecule has 0 radical (unpaired) electrons. The lowest BCUT2D eigenvalue weighted by Gasteiger charge is -2.12. The Labute approximate surface area is 188 Å². The van der Waals surface area contributed by atoms with Gasteiger partial charge in [0.1, 0.15) is 23.8 Å². The van der Waals surface area contributed by atoms with Crippen LogP contribution in [0.3, 0.4) is 0 Å². The molecular formula is C25H23FN2O5. The summed E-state index contributed by atoms with van der Waals surface area (Å²) >= 11 is 0. The summed E-state index contributed by atoms with van der Waals surface area (Å²) in [6.45, 7) is 3.21. The van der Waals surface area contributed by atoms with Crippen molar-refractivity contribution in [2.45, 2.75) is 26.6 Å². The van der Waals surface area contributed by atoms with Crippen molar-refractivity contribution in [2.75, 3.05) is 6.54 Å². The van der Waals surface area contributed by atoms with Crippen LogP contribution in [0, 0.1) is 12.7 Å². The Morgan fingerprint density at radius 2 is 2.00 bits per heavy atom. The minimum Gasteiger partial charge on any atom is -0.503 e. The second-order valence-corrected chi connectivity index (χ2v) is 7.65. The van der Waals surface area contributed by atoms with Crippen molar-refractivity contribution < 1.29 is 18.7 Å². The van der Waals surface area contributed by atoms with Crippen molar-refractivity contribution in [3.8, 4) is 11.5 Å². The van der Waals surface area contributed by atoms with E-state index in [0.29, 0.717) is 53.2 Å². The molecule has 0 spiro atoms. The topological polar surface area (TPSA) is 93.7 Å². The van der Waals surface area contributed by atoms with E-state index in [2.05, 4.69) is 5.32 Å². The third kappa shape index (κ3) is 5.12. The normalized spacial score (nSPS) is 11.1. The molecule has 0 saturated carbocycles. The molecular weight excluding hydrogens is 427 g/mol. The zero-order valence-corrected chi connectivity index (χ0v) is 18.0. The standard InChI is InChI=1S/C25H23FN2O5/c1-16-24(30)22(29)7-9-28(16)10-8-27-13-18-15-33-23-12-20(5-6-21(23)25(18)31)32-14-17-3-2-4-19(26)11-17/h2-7,9,11-12,15,27,30H,8,10,13-14H2,1H3. The lowest BCUT2D eigenvalue weighted by Crippen LogP contribution is -2.24. The van der Waals surface area contributed by atoms with Crippen LogP contribution in [-0.4, -0.2) is 16.2 Å². The largest absolute Gasteiger partial charge is 0.503 e. The Bertz CT molecular complexity index is 1410. The van der Waals surface area contributed by atoms with Crippen molar-refractivity contribution in [1.82, 2.24) is 9.88 Å². The molecule has 4 aromatic rings. The average Bonchev–Trinajstić information content (AvgIpc) is 2.81. The molecule has 0 aliphatic rings. The minimum absolute atomic E-state index is 0.141. The van der Waals surface area contributed by atoms with Crippen LogP contribution in [0.25, 0.3) is 11.0 Å². The Morgan fingerprint density at radius 3 is 2.82 bits per heavy atom. The van der Waals surface area contributed by atoms with E-state index in [1.165, 1.54) is 24.5 Å². The van der Waals surface area contributed by atoms with E-state index in [-0.39, 0.29) is 23.6 Å². The fraction of sp³-hybridized carbons (Fsp3) is 0.200. The van der Waals surface area contributed by atoms with E-state index in [0.717, 1.165) is 0 Å². The Kier molecular flexibility index (Phi) is 6.55. The number of nitrogens with one attached hydrogen (secondary N) is 1. The summed E-state index contributed by atoms with van der Waals surface area (Å²) in [5, 5.41) is 13.4. The molecule has 2 aromatic carbocycles. The van der Waals surface area contributed by atoms with Gasteiger partial charge in [-0.2, -0.15) is 0 Å². The van der Waals surface area contributed by atoms with Crippen molar-refractivity contribution in [2.24, 2.45) is 0 Å². The molecule has 33 heavy (non-hydrogen) atoms. The predicted octanol–water partition coefficient (Wildman–Crippen LogP) is 3.48. The Hall–Kier alpha value is -3.91. The van der Waals surface area contributed by atoms with Gasteiger partial charge < -0.3 is 24.1 Å². The lowest BCUT2D eigenvalue weighted by molar-refractivity contribution is 0.305. The molecule has 0 aliphatic carbocycles. The van der Waals surface area contributed by atoms with Gasteiger partial charge in [0.05, 0.1) is 17.3 Å². The molecule has 170 valence electrons. The smallest absolute Gasteiger partial charge is 0.223 e. The summed E-state index contributed by atoms with van der Waals surface area (Å²) in [6, 6.07) is 12.5. The van der Waals surface area contributed by atoms with Crippen molar-refractivity contribution >= 4 is 11.0 Å². The van der Waals surface area contributed by atoms with E-state index < -0.39 is 5.43 Å². The molecule has 4 rings (SSSR count). The summed E-state index contributed by atoms with van der Waals surface area (Å²) in [5.74, 6) is -0.0681. The van der Waals surface area contributed by atoms with Gasteiger partial charge in [-0.3, -0.25) is 9.59 Å². The van der Waals surface area contributed by atoms with E-state index in [1.54, 1.807) is 48.0 Å². The summed E-state index contributed by atoms with van der Waals surface area (Å²) in [4.78, 5) is 24.2. The number of aromatic nitrogens is 1. The van der Waals surface area contributed by atoms with Crippen LogP contribution >= 0.6 is 0 Å². The van der Waals surface area contributed by atoms with E-state index >= 15 is 0 Å². The SMILES string of the molecule is Cc1c(O)c(=O)ccn1CCNCc1coc2cc(OCc3cccc(F)c3)ccc2c1=O. The zero-order chi connectivity index (χ0) is 23.4. The van der Waals surface area contributed by atoms with Gasteiger partial charge in [0.25, 0.3) is 0 Å². The van der Waals surface area contributed by atoms with Crippen LogP contribution in [0.15, 0.2) is 75.0 Å². The highest BCUT2D eigenvalue weighted by Crippen LogP contribution is 2.20. The third-order valence-corrected chi connectivity index (χ3v) is 5.37. The molecule has 2 aromatic heterocycles. The highest BCUT2D eigenvalue weighted by Gasteiger charge is 2.09. The first kappa shape index (κ1) is 22.3. The summed E-state index contributed by atoms with van der Waals surface area (Å²) in [7, 11) is 0. The highest BCUT2D eigenvalue weighted by molar-refractivity contribution is 5.78. The average molecular weight is 450 g/mol. The molecule has 0 bridgehead atoms. The maximum atomic E-state index is 13.3. The lowest BCUT2D eigenvalue weighted by atomic mass is 10.1. The molecule has 0 unspecified atom stereocenters. The second-order valence-electron chi connectivity index (χ2n) is 7.65.